The minimum Gasteiger partial charge on any atom is -0.329 e. The van der Waals surface area contributed by atoms with Crippen LogP contribution in [-0.4, -0.2) is 33.8 Å². The van der Waals surface area contributed by atoms with E-state index in [1.165, 1.54) is 18.5 Å². The van der Waals surface area contributed by atoms with Gasteiger partial charge >= 0.3 is 0 Å². The summed E-state index contributed by atoms with van der Waals surface area (Å²) >= 11 is 0. The van der Waals surface area contributed by atoms with Gasteiger partial charge in [-0.2, -0.15) is 5.10 Å². The van der Waals surface area contributed by atoms with Crippen molar-refractivity contribution in [1.82, 2.24) is 14.7 Å². The lowest BCUT2D eigenvalue weighted by Crippen LogP contribution is -2.45. The van der Waals surface area contributed by atoms with E-state index in [2.05, 4.69) is 41.5 Å². The van der Waals surface area contributed by atoms with Crippen molar-refractivity contribution in [2.45, 2.75) is 52.7 Å². The van der Waals surface area contributed by atoms with Crippen LogP contribution in [0.25, 0.3) is 0 Å². The standard InChI is InChI=1S/C14H26N4/c1-4-18-14(8-12(3)16-18)10-17-6-5-11(2)7-13(17)9-15/h8,11,13H,4-7,9-10,15H2,1-3H3. The first-order valence-electron chi connectivity index (χ1n) is 7.11. The van der Waals surface area contributed by atoms with Gasteiger partial charge in [-0.3, -0.25) is 9.58 Å². The number of hydrogen-bond donors (Lipinski definition) is 1. The Hall–Kier alpha value is -0.870. The molecule has 1 fully saturated rings. The molecule has 0 aromatic carbocycles. The molecule has 0 spiro atoms. The highest BCUT2D eigenvalue weighted by molar-refractivity contribution is 5.09. The van der Waals surface area contributed by atoms with Gasteiger partial charge in [0.1, 0.15) is 0 Å². The zero-order chi connectivity index (χ0) is 13.1. The van der Waals surface area contributed by atoms with Crippen LogP contribution in [-0.2, 0) is 13.1 Å². The molecular weight excluding hydrogens is 224 g/mol. The average molecular weight is 250 g/mol. The maximum Gasteiger partial charge on any atom is 0.0597 e. The summed E-state index contributed by atoms with van der Waals surface area (Å²) in [5.74, 6) is 0.813. The minimum atomic E-state index is 0.536. The van der Waals surface area contributed by atoms with Gasteiger partial charge in [-0.15, -0.1) is 0 Å². The minimum absolute atomic E-state index is 0.536. The van der Waals surface area contributed by atoms with Crippen LogP contribution in [0.2, 0.25) is 0 Å². The Bertz CT molecular complexity index is 385. The van der Waals surface area contributed by atoms with Gasteiger partial charge < -0.3 is 5.73 Å². The Balaban J connectivity index is 2.07. The fourth-order valence-corrected chi connectivity index (χ4v) is 2.96. The van der Waals surface area contributed by atoms with Crippen LogP contribution in [0, 0.1) is 12.8 Å². The van der Waals surface area contributed by atoms with Crippen LogP contribution in [0.4, 0.5) is 0 Å². The van der Waals surface area contributed by atoms with E-state index in [0.717, 1.165) is 37.8 Å². The van der Waals surface area contributed by atoms with E-state index in [9.17, 15) is 0 Å². The van der Waals surface area contributed by atoms with Gasteiger partial charge in [0.15, 0.2) is 0 Å². The summed E-state index contributed by atoms with van der Waals surface area (Å²) in [6.45, 7) is 10.4. The van der Waals surface area contributed by atoms with Gasteiger partial charge in [-0.1, -0.05) is 6.92 Å². The summed E-state index contributed by atoms with van der Waals surface area (Å²) in [5, 5.41) is 4.52. The topological polar surface area (TPSA) is 47.1 Å². The molecule has 0 saturated carbocycles. The summed E-state index contributed by atoms with van der Waals surface area (Å²) in [7, 11) is 0. The third-order valence-electron chi connectivity index (χ3n) is 4.02. The number of aromatic nitrogens is 2. The molecule has 2 atom stereocenters. The SMILES string of the molecule is CCn1nc(C)cc1CN1CCC(C)CC1CN. The molecule has 2 unspecified atom stereocenters. The molecule has 2 N–H and O–H groups in total. The van der Waals surface area contributed by atoms with E-state index in [1.807, 2.05) is 0 Å². The Morgan fingerprint density at radius 2 is 2.28 bits per heavy atom. The maximum atomic E-state index is 5.92. The van der Waals surface area contributed by atoms with Crippen molar-refractivity contribution in [2.24, 2.45) is 11.7 Å². The summed E-state index contributed by atoms with van der Waals surface area (Å²) < 4.78 is 2.11. The molecule has 4 heteroatoms. The molecule has 0 radical (unpaired) electrons. The van der Waals surface area contributed by atoms with Gasteiger partial charge in [0.2, 0.25) is 0 Å². The molecule has 102 valence electrons. The Morgan fingerprint density at radius 3 is 2.94 bits per heavy atom. The van der Waals surface area contributed by atoms with Crippen LogP contribution < -0.4 is 5.73 Å². The van der Waals surface area contributed by atoms with E-state index in [1.54, 1.807) is 0 Å². The number of aryl methyl sites for hydroxylation is 2. The number of likely N-dealkylation sites (tertiary alicyclic amines) is 1. The lowest BCUT2D eigenvalue weighted by molar-refractivity contribution is 0.112. The van der Waals surface area contributed by atoms with Crippen molar-refractivity contribution >= 4 is 0 Å². The number of piperidine rings is 1. The first-order valence-corrected chi connectivity index (χ1v) is 7.11. The third kappa shape index (κ3) is 2.93. The van der Waals surface area contributed by atoms with Crippen LogP contribution in [0.3, 0.4) is 0 Å². The van der Waals surface area contributed by atoms with E-state index < -0.39 is 0 Å². The van der Waals surface area contributed by atoms with E-state index in [0.29, 0.717) is 6.04 Å². The van der Waals surface area contributed by atoms with Gasteiger partial charge in [-0.25, -0.2) is 0 Å². The van der Waals surface area contributed by atoms with Crippen molar-refractivity contribution in [3.63, 3.8) is 0 Å². The van der Waals surface area contributed by atoms with Crippen LogP contribution in [0.1, 0.15) is 38.1 Å². The monoisotopic (exact) mass is 250 g/mol. The molecule has 1 aliphatic rings. The number of nitrogens with two attached hydrogens (primary N) is 1. The average Bonchev–Trinajstić information content (AvgIpc) is 2.71. The van der Waals surface area contributed by atoms with Crippen molar-refractivity contribution in [2.75, 3.05) is 13.1 Å². The molecule has 0 aliphatic carbocycles. The number of hydrogen-bond acceptors (Lipinski definition) is 3. The van der Waals surface area contributed by atoms with Crippen molar-refractivity contribution < 1.29 is 0 Å². The van der Waals surface area contributed by atoms with Crippen molar-refractivity contribution in [1.29, 1.82) is 0 Å². The van der Waals surface area contributed by atoms with Crippen molar-refractivity contribution in [3.8, 4) is 0 Å². The molecule has 2 heterocycles. The molecule has 18 heavy (non-hydrogen) atoms. The molecule has 1 aromatic rings. The van der Waals surface area contributed by atoms with E-state index >= 15 is 0 Å². The molecule has 1 aromatic heterocycles. The molecule has 1 saturated heterocycles. The zero-order valence-corrected chi connectivity index (χ0v) is 11.9. The van der Waals surface area contributed by atoms with Gasteiger partial charge in [0, 0.05) is 25.7 Å². The predicted octanol–water partition coefficient (Wildman–Crippen LogP) is 1.77. The molecule has 0 amide bonds. The van der Waals surface area contributed by atoms with Crippen molar-refractivity contribution in [3.05, 3.63) is 17.5 Å². The number of nitrogens with zero attached hydrogens (tertiary/aromatic N) is 3. The molecule has 4 nitrogen and oxygen atoms in total. The summed E-state index contributed by atoms with van der Waals surface area (Å²) in [4.78, 5) is 2.53. The largest absolute Gasteiger partial charge is 0.329 e. The van der Waals surface area contributed by atoms with Crippen LogP contribution in [0.5, 0.6) is 0 Å². The van der Waals surface area contributed by atoms with E-state index in [4.69, 9.17) is 5.73 Å². The first-order chi connectivity index (χ1) is 8.63. The molecule has 0 bridgehead atoms. The van der Waals surface area contributed by atoms with Crippen LogP contribution in [0.15, 0.2) is 6.07 Å². The second-order valence-corrected chi connectivity index (χ2v) is 5.58. The van der Waals surface area contributed by atoms with Crippen LogP contribution >= 0.6 is 0 Å². The zero-order valence-electron chi connectivity index (χ0n) is 11.9. The Labute approximate surface area is 110 Å². The summed E-state index contributed by atoms with van der Waals surface area (Å²) in [6.07, 6.45) is 2.52. The predicted molar refractivity (Wildman–Crippen MR) is 74.3 cm³/mol. The third-order valence-corrected chi connectivity index (χ3v) is 4.02. The Morgan fingerprint density at radius 1 is 1.50 bits per heavy atom. The lowest BCUT2D eigenvalue weighted by Gasteiger charge is -2.37. The highest BCUT2D eigenvalue weighted by Crippen LogP contribution is 2.23. The maximum absolute atomic E-state index is 5.92. The second-order valence-electron chi connectivity index (χ2n) is 5.58. The summed E-state index contributed by atoms with van der Waals surface area (Å²) in [6, 6.07) is 2.74. The second kappa shape index (κ2) is 5.85. The van der Waals surface area contributed by atoms with Gasteiger partial charge in [0.25, 0.3) is 0 Å². The quantitative estimate of drug-likeness (QED) is 0.886. The highest BCUT2D eigenvalue weighted by Gasteiger charge is 2.25. The summed E-state index contributed by atoms with van der Waals surface area (Å²) in [5.41, 5.74) is 8.36. The molecule has 2 rings (SSSR count). The first kappa shape index (κ1) is 13.6. The molecular formula is C14H26N4. The normalized spacial score (nSPS) is 25.6. The Kier molecular flexibility index (Phi) is 4.40. The van der Waals surface area contributed by atoms with E-state index in [-0.39, 0.29) is 0 Å². The fraction of sp³-hybridized carbons (Fsp3) is 0.786. The lowest BCUT2D eigenvalue weighted by atomic mass is 9.92. The molecule has 1 aliphatic heterocycles. The smallest absolute Gasteiger partial charge is 0.0597 e. The van der Waals surface area contributed by atoms with Gasteiger partial charge in [-0.05, 0) is 45.2 Å². The number of rotatable bonds is 4. The highest BCUT2D eigenvalue weighted by atomic mass is 15.3. The van der Waals surface area contributed by atoms with Gasteiger partial charge in [0.05, 0.1) is 11.4 Å². The fourth-order valence-electron chi connectivity index (χ4n) is 2.96.